The number of aliphatic hydroxyl groups is 3. The van der Waals surface area contributed by atoms with Crippen LogP contribution in [0.4, 0.5) is 18.9 Å². The Morgan fingerprint density at radius 2 is 1.68 bits per heavy atom. The number of amides is 1. The van der Waals surface area contributed by atoms with E-state index in [1.54, 1.807) is 0 Å². The number of sulfone groups is 1. The van der Waals surface area contributed by atoms with Crippen LogP contribution in [0, 0.1) is 29.3 Å². The highest BCUT2D eigenvalue weighted by atomic mass is 35.5. The van der Waals surface area contributed by atoms with Crippen molar-refractivity contribution in [3.63, 3.8) is 0 Å². The lowest BCUT2D eigenvalue weighted by Crippen LogP contribution is -2.60. The van der Waals surface area contributed by atoms with Gasteiger partial charge in [-0.1, -0.05) is 11.6 Å². The van der Waals surface area contributed by atoms with Crippen LogP contribution in [0.25, 0.3) is 0 Å². The number of rotatable bonds is 8. The van der Waals surface area contributed by atoms with E-state index in [0.717, 1.165) is 13.0 Å². The third-order valence-electron chi connectivity index (χ3n) is 7.74. The Labute approximate surface area is 232 Å². The minimum absolute atomic E-state index is 0.0758. The maximum atomic E-state index is 13.7. The SMILES string of the molecule is CC(=O)OC[C@H](O)[C@@H](O)[C@@]1(O)[C@@H]2CC[C@H]1C[C@H](S(=O)(=O)c1cc(C(=O)Nc3cc(F)c(F)c(F)c3)ccc1Cl)C2. The van der Waals surface area contributed by atoms with E-state index in [9.17, 15) is 46.5 Å². The number of hydrogen-bond donors (Lipinski definition) is 4. The molecule has 2 aromatic rings. The number of nitrogens with one attached hydrogen (secondary N) is 1. The highest BCUT2D eigenvalue weighted by Crippen LogP contribution is 2.54. The first kappa shape index (κ1) is 30.3. The molecule has 1 amide bonds. The Balaban J connectivity index is 1.55. The Morgan fingerprint density at radius 1 is 1.10 bits per heavy atom. The molecule has 0 aliphatic heterocycles. The Hall–Kier alpha value is -2.71. The second-order valence-corrected chi connectivity index (χ2v) is 12.8. The van der Waals surface area contributed by atoms with Crippen molar-refractivity contribution < 1.29 is 51.2 Å². The maximum absolute atomic E-state index is 13.7. The normalized spacial score (nSPS) is 25.8. The van der Waals surface area contributed by atoms with Gasteiger partial charge in [-0.3, -0.25) is 9.59 Å². The number of ether oxygens (including phenoxy) is 1. The number of hydrogen-bond acceptors (Lipinski definition) is 8. The van der Waals surface area contributed by atoms with E-state index in [1.807, 2.05) is 0 Å². The zero-order valence-electron chi connectivity index (χ0n) is 21.1. The number of halogens is 4. The number of fused-ring (bicyclic) bond motifs is 2. The van der Waals surface area contributed by atoms with Crippen molar-refractivity contribution in [3.8, 4) is 0 Å². The van der Waals surface area contributed by atoms with Crippen LogP contribution in [0.3, 0.4) is 0 Å². The second-order valence-electron chi connectivity index (χ2n) is 10.2. The van der Waals surface area contributed by atoms with Crippen molar-refractivity contribution in [2.45, 2.75) is 60.6 Å². The number of carbonyl (C=O) groups excluding carboxylic acids is 2. The van der Waals surface area contributed by atoms with Crippen molar-refractivity contribution >= 4 is 39.0 Å². The Morgan fingerprint density at radius 3 is 2.23 bits per heavy atom. The Kier molecular flexibility index (Phi) is 8.53. The van der Waals surface area contributed by atoms with Gasteiger partial charge in [0.2, 0.25) is 0 Å². The van der Waals surface area contributed by atoms with Crippen LogP contribution < -0.4 is 5.32 Å². The first-order chi connectivity index (χ1) is 18.7. The first-order valence-corrected chi connectivity index (χ1v) is 14.3. The van der Waals surface area contributed by atoms with Gasteiger partial charge in [-0.25, -0.2) is 21.6 Å². The lowest BCUT2D eigenvalue weighted by molar-refractivity contribution is -0.187. The smallest absolute Gasteiger partial charge is 0.302 e. The molecule has 2 saturated carbocycles. The van der Waals surface area contributed by atoms with Crippen molar-refractivity contribution in [2.75, 3.05) is 11.9 Å². The molecule has 0 aromatic heterocycles. The summed E-state index contributed by atoms with van der Waals surface area (Å²) in [5.41, 5.74) is -2.40. The zero-order valence-corrected chi connectivity index (χ0v) is 22.7. The van der Waals surface area contributed by atoms with Gasteiger partial charge in [0.1, 0.15) is 18.8 Å². The van der Waals surface area contributed by atoms with Gasteiger partial charge in [-0.15, -0.1) is 0 Å². The summed E-state index contributed by atoms with van der Waals surface area (Å²) in [7, 11) is -4.19. The second kappa shape index (κ2) is 11.3. The van der Waals surface area contributed by atoms with E-state index in [0.29, 0.717) is 25.0 Å². The van der Waals surface area contributed by atoms with Crippen LogP contribution >= 0.6 is 11.6 Å². The summed E-state index contributed by atoms with van der Waals surface area (Å²) in [5, 5.41) is 33.4. The lowest BCUT2D eigenvalue weighted by atomic mass is 9.70. The standard InChI is InChI=1S/C26H27ClF3NO8S/c1-12(32)39-11-21(33)24(34)26(36)14-3-4-15(26)8-17(7-14)40(37,38)22-6-13(2-5-18(22)27)25(35)31-16-9-19(28)23(30)20(29)10-16/h2,5-6,9-10,14-15,17,21,24,33-34,36H,3-4,7-8,11H2,1H3,(H,31,35)/t14-,15+,17-,21-,24+,26-/m0/s1. The number of carbonyl (C=O) groups is 2. The molecule has 0 radical (unpaired) electrons. The molecule has 2 aliphatic carbocycles. The van der Waals surface area contributed by atoms with Crippen LogP contribution in [-0.4, -0.2) is 65.3 Å². The minimum Gasteiger partial charge on any atom is -0.463 e. The predicted molar refractivity (Wildman–Crippen MR) is 136 cm³/mol. The topological polar surface area (TPSA) is 150 Å². The molecule has 4 rings (SSSR count). The summed E-state index contributed by atoms with van der Waals surface area (Å²) in [6, 6.07) is 4.54. The van der Waals surface area contributed by atoms with Gasteiger partial charge in [0, 0.05) is 30.3 Å². The van der Waals surface area contributed by atoms with Crippen molar-refractivity contribution in [3.05, 3.63) is 58.4 Å². The predicted octanol–water partition coefficient (Wildman–Crippen LogP) is 2.99. The van der Waals surface area contributed by atoms with Crippen LogP contribution in [0.1, 0.15) is 43.0 Å². The van der Waals surface area contributed by atoms with Gasteiger partial charge in [0.25, 0.3) is 5.91 Å². The number of benzene rings is 2. The molecular formula is C26H27ClF3NO8S. The quantitative estimate of drug-likeness (QED) is 0.265. The fourth-order valence-corrected chi connectivity index (χ4v) is 8.16. The average molecular weight is 606 g/mol. The van der Waals surface area contributed by atoms with Crippen LogP contribution in [-0.2, 0) is 19.4 Å². The van der Waals surface area contributed by atoms with Gasteiger partial charge >= 0.3 is 5.97 Å². The van der Waals surface area contributed by atoms with E-state index in [1.165, 1.54) is 12.1 Å². The molecule has 0 spiro atoms. The largest absolute Gasteiger partial charge is 0.463 e. The van der Waals surface area contributed by atoms with Crippen LogP contribution in [0.2, 0.25) is 5.02 Å². The summed E-state index contributed by atoms with van der Waals surface area (Å²) in [6.45, 7) is 0.585. The van der Waals surface area contributed by atoms with E-state index < -0.39 is 86.4 Å². The van der Waals surface area contributed by atoms with Crippen molar-refractivity contribution in [1.29, 1.82) is 0 Å². The molecule has 2 bridgehead atoms. The van der Waals surface area contributed by atoms with Crippen molar-refractivity contribution in [1.82, 2.24) is 0 Å². The third kappa shape index (κ3) is 5.57. The average Bonchev–Trinajstić information content (AvgIpc) is 3.05. The maximum Gasteiger partial charge on any atom is 0.302 e. The van der Waals surface area contributed by atoms with Crippen LogP contribution in [0.5, 0.6) is 0 Å². The molecule has 2 aromatic carbocycles. The number of anilines is 1. The highest BCUT2D eigenvalue weighted by molar-refractivity contribution is 7.92. The highest BCUT2D eigenvalue weighted by Gasteiger charge is 2.60. The molecule has 9 nitrogen and oxygen atoms in total. The number of esters is 1. The van der Waals surface area contributed by atoms with Gasteiger partial charge in [0.15, 0.2) is 27.3 Å². The van der Waals surface area contributed by atoms with Gasteiger partial charge < -0.3 is 25.4 Å². The molecule has 4 N–H and O–H groups in total. The summed E-state index contributed by atoms with van der Waals surface area (Å²) in [5.74, 6) is -7.78. The molecule has 2 fully saturated rings. The lowest BCUT2D eigenvalue weighted by Gasteiger charge is -2.46. The Bertz CT molecular complexity index is 1400. The number of aliphatic hydroxyl groups excluding tert-OH is 2. The first-order valence-electron chi connectivity index (χ1n) is 12.4. The molecule has 0 unspecified atom stereocenters. The molecule has 2 aliphatic rings. The molecule has 0 heterocycles. The third-order valence-corrected chi connectivity index (χ3v) is 10.4. The summed E-state index contributed by atoms with van der Waals surface area (Å²) in [6.07, 6.45) is -2.67. The van der Waals surface area contributed by atoms with Gasteiger partial charge in [-0.05, 0) is 55.7 Å². The molecular weight excluding hydrogens is 579 g/mol. The summed E-state index contributed by atoms with van der Waals surface area (Å²) in [4.78, 5) is 23.4. The van der Waals surface area contributed by atoms with E-state index in [-0.39, 0.29) is 28.3 Å². The zero-order chi connectivity index (χ0) is 29.6. The van der Waals surface area contributed by atoms with E-state index in [4.69, 9.17) is 16.3 Å². The molecule has 0 saturated heterocycles. The summed E-state index contributed by atoms with van der Waals surface area (Å²) < 4.78 is 72.4. The van der Waals surface area contributed by atoms with Crippen LogP contribution in [0.15, 0.2) is 35.2 Å². The van der Waals surface area contributed by atoms with E-state index in [2.05, 4.69) is 5.32 Å². The molecule has 14 heteroatoms. The van der Waals surface area contributed by atoms with Crippen molar-refractivity contribution in [2.24, 2.45) is 11.8 Å². The van der Waals surface area contributed by atoms with Gasteiger partial charge in [-0.2, -0.15) is 0 Å². The molecule has 218 valence electrons. The monoisotopic (exact) mass is 605 g/mol. The molecule has 40 heavy (non-hydrogen) atoms. The molecule has 6 atom stereocenters. The fourth-order valence-electron chi connectivity index (χ4n) is 5.75. The van der Waals surface area contributed by atoms with E-state index >= 15 is 0 Å². The minimum atomic E-state index is -4.19. The summed E-state index contributed by atoms with van der Waals surface area (Å²) >= 11 is 6.20. The fraction of sp³-hybridized carbons (Fsp3) is 0.462. The van der Waals surface area contributed by atoms with Gasteiger partial charge in [0.05, 0.1) is 20.8 Å².